The number of benzene rings is 2. The lowest BCUT2D eigenvalue weighted by molar-refractivity contribution is -0.124. The van der Waals surface area contributed by atoms with Crippen molar-refractivity contribution in [1.82, 2.24) is 14.9 Å². The topological polar surface area (TPSA) is 85.3 Å². The predicted octanol–water partition coefficient (Wildman–Crippen LogP) is 2.80. The SMILES string of the molecule is Cn1c(CCNC(=O)c2cccc(F)c2)nc2cc(NC(=O)C3CCCO3)ccc21. The molecule has 1 aromatic heterocycles. The van der Waals surface area contributed by atoms with E-state index in [1.807, 2.05) is 29.8 Å². The van der Waals surface area contributed by atoms with Gasteiger partial charge in [-0.15, -0.1) is 0 Å². The van der Waals surface area contributed by atoms with Crippen LogP contribution in [0.4, 0.5) is 10.1 Å². The summed E-state index contributed by atoms with van der Waals surface area (Å²) in [6, 6.07) is 11.2. The lowest BCUT2D eigenvalue weighted by Gasteiger charge is -2.10. The third-order valence-corrected chi connectivity index (χ3v) is 5.18. The number of carbonyl (C=O) groups excluding carboxylic acids is 2. The number of hydrogen-bond acceptors (Lipinski definition) is 4. The van der Waals surface area contributed by atoms with E-state index in [2.05, 4.69) is 15.6 Å². The van der Waals surface area contributed by atoms with Gasteiger partial charge in [-0.05, 0) is 49.2 Å². The highest BCUT2D eigenvalue weighted by Gasteiger charge is 2.23. The van der Waals surface area contributed by atoms with Gasteiger partial charge in [0.1, 0.15) is 17.7 Å². The molecule has 1 aliphatic heterocycles. The van der Waals surface area contributed by atoms with Crippen LogP contribution in [0.25, 0.3) is 11.0 Å². The Bertz CT molecular complexity index is 1090. The number of ether oxygens (including phenoxy) is 1. The first-order valence-corrected chi connectivity index (χ1v) is 9.93. The molecule has 0 bridgehead atoms. The molecular weight excluding hydrogens is 387 g/mol. The van der Waals surface area contributed by atoms with E-state index in [4.69, 9.17) is 4.74 Å². The quantitative estimate of drug-likeness (QED) is 0.654. The van der Waals surface area contributed by atoms with E-state index in [1.165, 1.54) is 18.2 Å². The lowest BCUT2D eigenvalue weighted by Crippen LogP contribution is -2.26. The van der Waals surface area contributed by atoms with Crippen molar-refractivity contribution in [3.8, 4) is 0 Å². The fourth-order valence-electron chi connectivity index (χ4n) is 3.58. The van der Waals surface area contributed by atoms with Gasteiger partial charge in [0.15, 0.2) is 0 Å². The number of carbonyl (C=O) groups is 2. The van der Waals surface area contributed by atoms with Crippen molar-refractivity contribution in [2.24, 2.45) is 7.05 Å². The van der Waals surface area contributed by atoms with Crippen LogP contribution in [0.5, 0.6) is 0 Å². The zero-order valence-corrected chi connectivity index (χ0v) is 16.7. The van der Waals surface area contributed by atoms with E-state index < -0.39 is 5.82 Å². The summed E-state index contributed by atoms with van der Waals surface area (Å²) in [5, 5.41) is 5.67. The Morgan fingerprint density at radius 1 is 1.27 bits per heavy atom. The summed E-state index contributed by atoms with van der Waals surface area (Å²) in [5.74, 6) is -0.108. The number of nitrogens with zero attached hydrogens (tertiary/aromatic N) is 2. The van der Waals surface area contributed by atoms with Gasteiger partial charge in [0.05, 0.1) is 11.0 Å². The Morgan fingerprint density at radius 2 is 2.13 bits per heavy atom. The fourth-order valence-corrected chi connectivity index (χ4v) is 3.58. The molecule has 1 atom stereocenters. The molecule has 1 fully saturated rings. The molecule has 4 rings (SSSR count). The van der Waals surface area contributed by atoms with E-state index in [0.29, 0.717) is 25.3 Å². The zero-order chi connectivity index (χ0) is 21.1. The van der Waals surface area contributed by atoms with Gasteiger partial charge in [0.2, 0.25) is 0 Å². The van der Waals surface area contributed by atoms with Crippen LogP contribution in [0, 0.1) is 5.82 Å². The molecule has 0 aliphatic carbocycles. The highest BCUT2D eigenvalue weighted by atomic mass is 19.1. The molecule has 2 N–H and O–H groups in total. The van der Waals surface area contributed by atoms with Gasteiger partial charge in [-0.25, -0.2) is 9.37 Å². The van der Waals surface area contributed by atoms with Crippen molar-refractivity contribution in [2.45, 2.75) is 25.4 Å². The molecule has 1 saturated heterocycles. The third-order valence-electron chi connectivity index (χ3n) is 5.18. The molecule has 1 unspecified atom stereocenters. The molecule has 3 aromatic rings. The van der Waals surface area contributed by atoms with Gasteiger partial charge in [-0.1, -0.05) is 6.07 Å². The van der Waals surface area contributed by atoms with Crippen LogP contribution in [0.1, 0.15) is 29.0 Å². The summed E-state index contributed by atoms with van der Waals surface area (Å²) in [6.07, 6.45) is 1.77. The Morgan fingerprint density at radius 3 is 2.90 bits per heavy atom. The number of anilines is 1. The molecule has 8 heteroatoms. The number of imidazole rings is 1. The number of aromatic nitrogens is 2. The first-order chi connectivity index (χ1) is 14.5. The molecule has 30 heavy (non-hydrogen) atoms. The van der Waals surface area contributed by atoms with Crippen LogP contribution in [0.3, 0.4) is 0 Å². The van der Waals surface area contributed by atoms with E-state index in [0.717, 1.165) is 29.7 Å². The van der Waals surface area contributed by atoms with Crippen LogP contribution < -0.4 is 10.6 Å². The molecule has 156 valence electrons. The first kappa shape index (κ1) is 20.0. The normalized spacial score (nSPS) is 16.0. The van der Waals surface area contributed by atoms with Crippen LogP contribution in [0.2, 0.25) is 0 Å². The average molecular weight is 410 g/mol. The number of halogens is 1. The summed E-state index contributed by atoms with van der Waals surface area (Å²) >= 11 is 0. The summed E-state index contributed by atoms with van der Waals surface area (Å²) in [5.41, 5.74) is 2.64. The van der Waals surface area contributed by atoms with Crippen molar-refractivity contribution in [3.05, 3.63) is 59.7 Å². The minimum atomic E-state index is -0.444. The molecule has 1 aliphatic rings. The number of fused-ring (bicyclic) bond motifs is 1. The number of hydrogen-bond donors (Lipinski definition) is 2. The summed E-state index contributed by atoms with van der Waals surface area (Å²) in [6.45, 7) is 0.992. The van der Waals surface area contributed by atoms with Gasteiger partial charge in [0.25, 0.3) is 11.8 Å². The first-order valence-electron chi connectivity index (χ1n) is 9.93. The van der Waals surface area contributed by atoms with E-state index in [-0.39, 0.29) is 23.5 Å². The molecule has 7 nitrogen and oxygen atoms in total. The smallest absolute Gasteiger partial charge is 0.253 e. The van der Waals surface area contributed by atoms with Crippen LogP contribution in [0.15, 0.2) is 42.5 Å². The molecule has 0 saturated carbocycles. The lowest BCUT2D eigenvalue weighted by atomic mass is 10.2. The van der Waals surface area contributed by atoms with Crippen molar-refractivity contribution < 1.29 is 18.7 Å². The van der Waals surface area contributed by atoms with E-state index in [1.54, 1.807) is 6.07 Å². The fraction of sp³-hybridized carbons (Fsp3) is 0.318. The second-order valence-corrected chi connectivity index (χ2v) is 7.30. The highest BCUT2D eigenvalue weighted by Crippen LogP contribution is 2.21. The summed E-state index contributed by atoms with van der Waals surface area (Å²) in [4.78, 5) is 29.0. The molecule has 2 amide bonds. The van der Waals surface area contributed by atoms with Crippen molar-refractivity contribution in [3.63, 3.8) is 0 Å². The molecular formula is C22H23FN4O3. The van der Waals surface area contributed by atoms with Crippen LogP contribution in [-0.4, -0.2) is 40.6 Å². The second kappa shape index (κ2) is 8.62. The van der Waals surface area contributed by atoms with Gasteiger partial charge in [-0.3, -0.25) is 9.59 Å². The summed E-state index contributed by atoms with van der Waals surface area (Å²) in [7, 11) is 1.91. The van der Waals surface area contributed by atoms with Crippen molar-refractivity contribution in [2.75, 3.05) is 18.5 Å². The third kappa shape index (κ3) is 4.33. The highest BCUT2D eigenvalue weighted by molar-refractivity contribution is 5.96. The van der Waals surface area contributed by atoms with E-state index in [9.17, 15) is 14.0 Å². The Labute approximate surface area is 173 Å². The van der Waals surface area contributed by atoms with Crippen LogP contribution in [-0.2, 0) is 23.0 Å². The van der Waals surface area contributed by atoms with Crippen molar-refractivity contribution in [1.29, 1.82) is 0 Å². The monoisotopic (exact) mass is 410 g/mol. The van der Waals surface area contributed by atoms with Gasteiger partial charge < -0.3 is 19.9 Å². The van der Waals surface area contributed by atoms with Crippen LogP contribution >= 0.6 is 0 Å². The Hall–Kier alpha value is -3.26. The Balaban J connectivity index is 1.40. The minimum Gasteiger partial charge on any atom is -0.368 e. The summed E-state index contributed by atoms with van der Waals surface area (Å²) < 4.78 is 20.6. The largest absolute Gasteiger partial charge is 0.368 e. The zero-order valence-electron chi connectivity index (χ0n) is 16.7. The minimum absolute atomic E-state index is 0.136. The average Bonchev–Trinajstić information content (AvgIpc) is 3.37. The number of rotatable bonds is 6. The second-order valence-electron chi connectivity index (χ2n) is 7.30. The van der Waals surface area contributed by atoms with Gasteiger partial charge in [-0.2, -0.15) is 0 Å². The number of nitrogens with one attached hydrogen (secondary N) is 2. The maximum atomic E-state index is 13.3. The number of aryl methyl sites for hydroxylation is 1. The van der Waals surface area contributed by atoms with Crippen molar-refractivity contribution >= 4 is 28.5 Å². The maximum absolute atomic E-state index is 13.3. The Kier molecular flexibility index (Phi) is 5.76. The molecule has 2 heterocycles. The predicted molar refractivity (Wildman–Crippen MR) is 111 cm³/mol. The number of amides is 2. The van der Waals surface area contributed by atoms with E-state index >= 15 is 0 Å². The molecule has 0 radical (unpaired) electrons. The molecule has 2 aromatic carbocycles. The van der Waals surface area contributed by atoms with Gasteiger partial charge in [0, 0.05) is 37.9 Å². The molecule has 0 spiro atoms. The maximum Gasteiger partial charge on any atom is 0.253 e. The standard InChI is InChI=1S/C22H23FN4O3/c1-27-18-8-7-16(25-22(29)19-6-3-11-30-19)13-17(18)26-20(27)9-10-24-21(28)14-4-2-5-15(23)12-14/h2,4-5,7-8,12-13,19H,3,6,9-11H2,1H3,(H,24,28)(H,25,29). The van der Waals surface area contributed by atoms with Gasteiger partial charge >= 0.3 is 0 Å².